The minimum Gasteiger partial charge on any atom is -0.462 e. The molecule has 184 valence electrons. The Bertz CT molecular complexity index is 1370. The summed E-state index contributed by atoms with van der Waals surface area (Å²) in [5.74, 6) is -1.47. The molecular formula is C27H26N4O5. The van der Waals surface area contributed by atoms with Crippen LogP contribution in [-0.2, 0) is 14.3 Å². The van der Waals surface area contributed by atoms with Crippen molar-refractivity contribution in [3.05, 3.63) is 88.9 Å². The van der Waals surface area contributed by atoms with E-state index in [0.29, 0.717) is 16.8 Å². The van der Waals surface area contributed by atoms with Crippen LogP contribution in [-0.4, -0.2) is 46.4 Å². The third-order valence-corrected chi connectivity index (χ3v) is 5.71. The van der Waals surface area contributed by atoms with Crippen molar-refractivity contribution in [2.24, 2.45) is 0 Å². The third-order valence-electron chi connectivity index (χ3n) is 5.71. The van der Waals surface area contributed by atoms with Crippen molar-refractivity contribution >= 4 is 35.6 Å². The first-order valence-corrected chi connectivity index (χ1v) is 11.4. The second-order valence-electron chi connectivity index (χ2n) is 8.23. The monoisotopic (exact) mass is 486 g/mol. The first-order valence-electron chi connectivity index (χ1n) is 11.4. The van der Waals surface area contributed by atoms with E-state index in [9.17, 15) is 19.2 Å². The van der Waals surface area contributed by atoms with Crippen molar-refractivity contribution in [1.82, 2.24) is 14.8 Å². The molecule has 0 aliphatic carbocycles. The van der Waals surface area contributed by atoms with Gasteiger partial charge in [0.1, 0.15) is 12.2 Å². The molecule has 3 aromatic rings. The highest BCUT2D eigenvalue weighted by molar-refractivity contribution is 6.16. The summed E-state index contributed by atoms with van der Waals surface area (Å²) in [7, 11) is 0. The van der Waals surface area contributed by atoms with Crippen molar-refractivity contribution in [3.8, 4) is 5.69 Å². The van der Waals surface area contributed by atoms with Crippen molar-refractivity contribution < 1.29 is 23.9 Å². The maximum absolute atomic E-state index is 12.9. The summed E-state index contributed by atoms with van der Waals surface area (Å²) in [4.78, 5) is 50.7. The zero-order chi connectivity index (χ0) is 25.8. The van der Waals surface area contributed by atoms with Gasteiger partial charge in [0, 0.05) is 22.8 Å². The van der Waals surface area contributed by atoms with E-state index in [1.54, 1.807) is 55.5 Å². The number of imide groups is 1. The number of para-hydroxylation sites is 1. The Labute approximate surface area is 208 Å². The Morgan fingerprint density at radius 1 is 1.03 bits per heavy atom. The fourth-order valence-corrected chi connectivity index (χ4v) is 4.05. The van der Waals surface area contributed by atoms with Crippen LogP contribution in [0.5, 0.6) is 0 Å². The molecule has 9 heteroatoms. The van der Waals surface area contributed by atoms with Crippen LogP contribution < -0.4 is 10.6 Å². The van der Waals surface area contributed by atoms with Crippen molar-refractivity contribution in [2.45, 2.75) is 20.8 Å². The van der Waals surface area contributed by atoms with E-state index < -0.39 is 30.4 Å². The van der Waals surface area contributed by atoms with E-state index >= 15 is 0 Å². The van der Waals surface area contributed by atoms with Crippen molar-refractivity contribution in [1.29, 1.82) is 0 Å². The topological polar surface area (TPSA) is 110 Å². The number of hydrogen-bond donors (Lipinski definition) is 2. The number of urea groups is 1. The fourth-order valence-electron chi connectivity index (χ4n) is 4.05. The van der Waals surface area contributed by atoms with Crippen LogP contribution in [0.25, 0.3) is 11.8 Å². The molecule has 0 bridgehead atoms. The minimum absolute atomic E-state index is 0.0769. The number of ether oxygens (including phenoxy) is 1. The van der Waals surface area contributed by atoms with Crippen LogP contribution in [0.1, 0.15) is 34.2 Å². The van der Waals surface area contributed by atoms with Gasteiger partial charge in [0.2, 0.25) is 5.91 Å². The molecule has 1 fully saturated rings. The van der Waals surface area contributed by atoms with Crippen molar-refractivity contribution in [3.63, 3.8) is 0 Å². The molecule has 9 nitrogen and oxygen atoms in total. The van der Waals surface area contributed by atoms with Gasteiger partial charge in [0.15, 0.2) is 0 Å². The van der Waals surface area contributed by atoms with Gasteiger partial charge in [-0.25, -0.2) is 14.5 Å². The number of nitrogens with one attached hydrogen (secondary N) is 2. The lowest BCUT2D eigenvalue weighted by Crippen LogP contribution is -2.38. The van der Waals surface area contributed by atoms with Crippen molar-refractivity contribution in [2.75, 3.05) is 18.5 Å². The number of anilines is 1. The quantitative estimate of drug-likeness (QED) is 0.300. The Morgan fingerprint density at radius 2 is 1.78 bits per heavy atom. The minimum atomic E-state index is -0.662. The van der Waals surface area contributed by atoms with Crippen LogP contribution in [0.15, 0.2) is 66.4 Å². The maximum atomic E-state index is 12.9. The molecule has 36 heavy (non-hydrogen) atoms. The average Bonchev–Trinajstić information content (AvgIpc) is 3.28. The highest BCUT2D eigenvalue weighted by atomic mass is 16.5. The van der Waals surface area contributed by atoms with Crippen LogP contribution in [0.4, 0.5) is 10.5 Å². The van der Waals surface area contributed by atoms with E-state index in [2.05, 4.69) is 10.6 Å². The maximum Gasteiger partial charge on any atom is 0.338 e. The molecular weight excluding hydrogens is 460 g/mol. The van der Waals surface area contributed by atoms with Gasteiger partial charge in [-0.3, -0.25) is 9.59 Å². The molecule has 4 rings (SSSR count). The van der Waals surface area contributed by atoms with Gasteiger partial charge in [-0.1, -0.05) is 24.3 Å². The van der Waals surface area contributed by atoms with E-state index in [-0.39, 0.29) is 12.3 Å². The zero-order valence-electron chi connectivity index (χ0n) is 20.2. The van der Waals surface area contributed by atoms with E-state index in [1.165, 1.54) is 0 Å². The molecule has 1 saturated heterocycles. The lowest BCUT2D eigenvalue weighted by Gasteiger charge is -2.12. The van der Waals surface area contributed by atoms with Gasteiger partial charge in [0.25, 0.3) is 5.91 Å². The number of benzene rings is 2. The van der Waals surface area contributed by atoms with Gasteiger partial charge in [-0.2, -0.15) is 0 Å². The molecule has 1 aliphatic heterocycles. The zero-order valence-corrected chi connectivity index (χ0v) is 20.2. The molecule has 2 aromatic carbocycles. The molecule has 0 unspecified atom stereocenters. The van der Waals surface area contributed by atoms with Crippen LogP contribution >= 0.6 is 0 Å². The standard InChI is InChI=1S/C27H26N4O5/c1-4-36-26(34)19-9-8-12-22(14-19)31-17(2)13-20(18(31)3)15-23-25(33)30(27(35)29-23)16-24(32)28-21-10-6-5-7-11-21/h5-15H,4,16H2,1-3H3,(H,28,32)(H,29,35). The SMILES string of the molecule is CCOC(=O)c1cccc(-n2c(C)cc(C=C3NC(=O)N(CC(=O)Nc4ccccc4)C3=O)c2C)c1. The molecule has 0 atom stereocenters. The molecule has 2 heterocycles. The largest absolute Gasteiger partial charge is 0.462 e. The first kappa shape index (κ1) is 24.5. The van der Waals surface area contributed by atoms with Gasteiger partial charge in [-0.05, 0) is 68.8 Å². The Morgan fingerprint density at radius 3 is 2.50 bits per heavy atom. The number of aromatic nitrogens is 1. The number of amides is 4. The average molecular weight is 487 g/mol. The smallest absolute Gasteiger partial charge is 0.338 e. The fraction of sp³-hybridized carbons (Fsp3) is 0.185. The Balaban J connectivity index is 1.55. The van der Waals surface area contributed by atoms with Gasteiger partial charge in [-0.15, -0.1) is 0 Å². The molecule has 4 amide bonds. The number of nitrogens with zero attached hydrogens (tertiary/aromatic N) is 2. The molecule has 0 saturated carbocycles. The first-order chi connectivity index (χ1) is 17.3. The number of aryl methyl sites for hydroxylation is 1. The number of rotatable bonds is 7. The summed E-state index contributed by atoms with van der Waals surface area (Å²) >= 11 is 0. The number of carbonyl (C=O) groups excluding carboxylic acids is 4. The summed E-state index contributed by atoms with van der Waals surface area (Å²) in [6, 6.07) is 17.1. The number of esters is 1. The number of carbonyl (C=O) groups is 4. The molecule has 1 aromatic heterocycles. The lowest BCUT2D eigenvalue weighted by atomic mass is 10.2. The Hall–Kier alpha value is -4.66. The highest BCUT2D eigenvalue weighted by Gasteiger charge is 2.35. The van der Waals surface area contributed by atoms with Gasteiger partial charge >= 0.3 is 12.0 Å². The highest BCUT2D eigenvalue weighted by Crippen LogP contribution is 2.25. The van der Waals surface area contributed by atoms with Gasteiger partial charge in [0.05, 0.1) is 12.2 Å². The van der Waals surface area contributed by atoms with Crippen LogP contribution in [0, 0.1) is 13.8 Å². The summed E-state index contributed by atoms with van der Waals surface area (Å²) in [5, 5.41) is 5.22. The molecule has 1 aliphatic rings. The molecule has 0 radical (unpaired) electrons. The van der Waals surface area contributed by atoms with Gasteiger partial charge < -0.3 is 19.9 Å². The van der Waals surface area contributed by atoms with Crippen LogP contribution in [0.3, 0.4) is 0 Å². The second kappa shape index (κ2) is 10.3. The van der Waals surface area contributed by atoms with E-state index in [4.69, 9.17) is 4.74 Å². The summed E-state index contributed by atoms with van der Waals surface area (Å²) in [5.41, 5.74) is 4.25. The predicted molar refractivity (Wildman–Crippen MR) is 134 cm³/mol. The second-order valence-corrected chi connectivity index (χ2v) is 8.23. The lowest BCUT2D eigenvalue weighted by molar-refractivity contribution is -0.127. The third kappa shape index (κ3) is 5.05. The summed E-state index contributed by atoms with van der Waals surface area (Å²) < 4.78 is 7.04. The molecule has 0 spiro atoms. The van der Waals surface area contributed by atoms with E-state index in [0.717, 1.165) is 22.0 Å². The summed E-state index contributed by atoms with van der Waals surface area (Å²) in [6.07, 6.45) is 1.59. The molecule has 2 N–H and O–H groups in total. The normalized spacial score (nSPS) is 14.2. The van der Waals surface area contributed by atoms with Crippen LogP contribution in [0.2, 0.25) is 0 Å². The number of hydrogen-bond acceptors (Lipinski definition) is 5. The predicted octanol–water partition coefficient (Wildman–Crippen LogP) is 3.80. The Kier molecular flexibility index (Phi) is 7.00. The van der Waals surface area contributed by atoms with E-state index in [1.807, 2.05) is 36.6 Å². The summed E-state index contributed by atoms with van der Waals surface area (Å²) in [6.45, 7) is 5.41.